The predicted octanol–water partition coefficient (Wildman–Crippen LogP) is 9.89. The molecule has 0 N–H and O–H groups in total. The van der Waals surface area contributed by atoms with Gasteiger partial charge in [0.25, 0.3) is 0 Å². The lowest BCUT2D eigenvalue weighted by Gasteiger charge is -2.73. The third-order valence-electron chi connectivity index (χ3n) is 14.8. The quantitative estimate of drug-likeness (QED) is 0.281. The van der Waals surface area contributed by atoms with Crippen LogP contribution in [-0.2, 0) is 4.74 Å². The van der Waals surface area contributed by atoms with E-state index in [0.29, 0.717) is 39.1 Å². The van der Waals surface area contributed by atoms with Gasteiger partial charge in [0.1, 0.15) is 6.10 Å². The number of esters is 1. The van der Waals surface area contributed by atoms with E-state index in [1.165, 1.54) is 63.4 Å². The number of carbonyl (C=O) groups excluding carboxylic acids is 1. The van der Waals surface area contributed by atoms with E-state index in [4.69, 9.17) is 4.74 Å². The van der Waals surface area contributed by atoms with Gasteiger partial charge in [-0.15, -0.1) is 0 Å². The van der Waals surface area contributed by atoms with Gasteiger partial charge in [0.2, 0.25) is 0 Å². The number of fused-ring (bicyclic) bond motifs is 7. The highest BCUT2D eigenvalue weighted by Crippen LogP contribution is 2.77. The van der Waals surface area contributed by atoms with Crippen LogP contribution < -0.4 is 0 Å². The number of allylic oxidation sites excluding steroid dienone is 1. The van der Waals surface area contributed by atoms with Crippen molar-refractivity contribution in [2.45, 2.75) is 119 Å². The van der Waals surface area contributed by atoms with Crippen LogP contribution in [0.4, 0.5) is 0 Å². The molecule has 5 aliphatic rings. The van der Waals surface area contributed by atoms with E-state index in [1.807, 2.05) is 30.3 Å². The van der Waals surface area contributed by atoms with Crippen molar-refractivity contribution in [1.82, 2.24) is 0 Å². The lowest BCUT2D eigenvalue weighted by atomic mass is 9.31. The summed E-state index contributed by atoms with van der Waals surface area (Å²) < 4.78 is 6.30. The Balaban J connectivity index is 1.28. The molecule has 6 rings (SSSR count). The molecule has 10 atom stereocenters. The fourth-order valence-electron chi connectivity index (χ4n) is 12.3. The van der Waals surface area contributed by atoms with E-state index in [2.05, 4.69) is 55.0 Å². The summed E-state index contributed by atoms with van der Waals surface area (Å²) in [6.07, 6.45) is 12.9. The van der Waals surface area contributed by atoms with Crippen molar-refractivity contribution in [3.63, 3.8) is 0 Å². The summed E-state index contributed by atoms with van der Waals surface area (Å²) in [5.74, 6) is 3.47. The molecule has 2 heteroatoms. The molecule has 39 heavy (non-hydrogen) atoms. The highest BCUT2D eigenvalue weighted by Gasteiger charge is 2.70. The molecule has 1 aromatic rings. The maximum atomic E-state index is 13.1. The molecule has 0 aromatic heterocycles. The number of carbonyl (C=O) groups is 1. The lowest BCUT2D eigenvalue weighted by Crippen LogP contribution is -2.67. The molecule has 3 unspecified atom stereocenters. The molecule has 214 valence electrons. The van der Waals surface area contributed by atoms with Crippen LogP contribution in [0.1, 0.15) is 123 Å². The Kier molecular flexibility index (Phi) is 6.34. The molecule has 0 amide bonds. The average molecular weight is 531 g/mol. The molecule has 0 spiro atoms. The Bertz CT molecular complexity index is 1140. The van der Waals surface area contributed by atoms with Gasteiger partial charge in [-0.25, -0.2) is 4.79 Å². The number of benzene rings is 1. The fourth-order valence-corrected chi connectivity index (χ4v) is 12.3. The third-order valence-corrected chi connectivity index (χ3v) is 14.8. The van der Waals surface area contributed by atoms with Crippen LogP contribution in [0.25, 0.3) is 0 Å². The van der Waals surface area contributed by atoms with Crippen LogP contribution in [0.2, 0.25) is 0 Å². The lowest BCUT2D eigenvalue weighted by molar-refractivity contribution is -0.251. The van der Waals surface area contributed by atoms with E-state index in [-0.39, 0.29) is 17.5 Å². The van der Waals surface area contributed by atoms with Crippen molar-refractivity contribution >= 4 is 5.97 Å². The van der Waals surface area contributed by atoms with Crippen LogP contribution in [0.3, 0.4) is 0 Å². The first-order chi connectivity index (χ1) is 18.3. The maximum absolute atomic E-state index is 13.1. The normalized spacial score (nSPS) is 48.6. The molecule has 0 saturated heterocycles. The van der Waals surface area contributed by atoms with Gasteiger partial charge in [-0.1, -0.05) is 78.8 Å². The van der Waals surface area contributed by atoms with Gasteiger partial charge in [0.15, 0.2) is 0 Å². The van der Waals surface area contributed by atoms with Gasteiger partial charge >= 0.3 is 5.97 Å². The van der Waals surface area contributed by atoms with Gasteiger partial charge < -0.3 is 4.74 Å². The van der Waals surface area contributed by atoms with Crippen molar-refractivity contribution in [2.24, 2.45) is 56.7 Å². The Morgan fingerprint density at radius 1 is 0.821 bits per heavy atom. The minimum atomic E-state index is -0.153. The zero-order valence-corrected chi connectivity index (χ0v) is 25.9. The largest absolute Gasteiger partial charge is 0.458 e. The van der Waals surface area contributed by atoms with E-state index >= 15 is 0 Å². The topological polar surface area (TPSA) is 26.3 Å². The Morgan fingerprint density at radius 3 is 2.26 bits per heavy atom. The van der Waals surface area contributed by atoms with Crippen molar-refractivity contribution in [3.05, 3.63) is 48.0 Å². The molecule has 1 aromatic carbocycles. The molecule has 0 bridgehead atoms. The molecule has 0 aliphatic heterocycles. The summed E-state index contributed by atoms with van der Waals surface area (Å²) in [7, 11) is 0. The molecular weight excluding hydrogens is 476 g/mol. The number of ether oxygens (including phenoxy) is 1. The van der Waals surface area contributed by atoms with E-state index in [9.17, 15) is 4.79 Å². The molecule has 0 radical (unpaired) electrons. The first kappa shape index (κ1) is 27.6. The van der Waals surface area contributed by atoms with Crippen LogP contribution in [0, 0.1) is 56.7 Å². The van der Waals surface area contributed by atoms with Gasteiger partial charge in [-0.2, -0.15) is 0 Å². The third kappa shape index (κ3) is 3.74. The summed E-state index contributed by atoms with van der Waals surface area (Å²) in [5, 5.41) is 0. The Labute approximate surface area is 238 Å². The average Bonchev–Trinajstić information content (AvgIpc) is 2.89. The SMILES string of the molecule is C=C1CC[C@]2(C)CC[C@]3(C)[C@H](CC[C@@H]4[C@@]5(C)CCC(OC(=O)c6ccccc6)C(C)(C)C5CC[C@]43C)[C@@H]2C1C. The molecule has 5 saturated carbocycles. The zero-order valence-electron chi connectivity index (χ0n) is 25.9. The summed E-state index contributed by atoms with van der Waals surface area (Å²) in [6, 6.07) is 9.57. The standard InChI is InChI=1S/C37H54O2/c1-24-16-19-34(5)22-23-36(7)27(31(34)25(24)2)14-15-29-35(6)20-18-30(39-32(38)26-12-10-9-11-13-26)33(3,4)28(35)17-21-37(29,36)8/h9-13,25,27-31H,1,14-23H2,2-8H3/t25?,27-,28?,29-,30?,31+,34-,35+,36-,37-/m1/s1. The van der Waals surface area contributed by atoms with E-state index in [1.54, 1.807) is 0 Å². The number of hydrogen-bond acceptors (Lipinski definition) is 2. The number of hydrogen-bond donors (Lipinski definition) is 0. The van der Waals surface area contributed by atoms with E-state index in [0.717, 1.165) is 24.2 Å². The van der Waals surface area contributed by atoms with Gasteiger partial charge in [-0.05, 0) is 128 Å². The van der Waals surface area contributed by atoms with Crippen LogP contribution in [0.5, 0.6) is 0 Å². The predicted molar refractivity (Wildman–Crippen MR) is 160 cm³/mol. The monoisotopic (exact) mass is 530 g/mol. The second kappa shape index (κ2) is 8.96. The fraction of sp³-hybridized carbons (Fsp3) is 0.757. The van der Waals surface area contributed by atoms with Gasteiger partial charge in [-0.3, -0.25) is 0 Å². The molecule has 0 heterocycles. The van der Waals surface area contributed by atoms with Crippen molar-refractivity contribution in [3.8, 4) is 0 Å². The summed E-state index contributed by atoms with van der Waals surface area (Å²) >= 11 is 0. The van der Waals surface area contributed by atoms with Crippen molar-refractivity contribution in [2.75, 3.05) is 0 Å². The Hall–Kier alpha value is -1.57. The molecular formula is C37H54O2. The second-order valence-corrected chi connectivity index (χ2v) is 16.4. The minimum absolute atomic E-state index is 0.0101. The first-order valence-electron chi connectivity index (χ1n) is 16.2. The molecule has 2 nitrogen and oxygen atoms in total. The summed E-state index contributed by atoms with van der Waals surface area (Å²) in [4.78, 5) is 13.1. The van der Waals surface area contributed by atoms with Gasteiger partial charge in [0, 0.05) is 5.41 Å². The van der Waals surface area contributed by atoms with Gasteiger partial charge in [0.05, 0.1) is 5.56 Å². The zero-order chi connectivity index (χ0) is 28.0. The van der Waals surface area contributed by atoms with Crippen molar-refractivity contribution in [1.29, 1.82) is 0 Å². The maximum Gasteiger partial charge on any atom is 0.338 e. The van der Waals surface area contributed by atoms with Crippen LogP contribution in [0.15, 0.2) is 42.5 Å². The summed E-state index contributed by atoms with van der Waals surface area (Å²) in [6.45, 7) is 22.7. The van der Waals surface area contributed by atoms with Crippen LogP contribution in [-0.4, -0.2) is 12.1 Å². The smallest absolute Gasteiger partial charge is 0.338 e. The highest BCUT2D eigenvalue weighted by atomic mass is 16.5. The molecule has 5 fully saturated rings. The van der Waals surface area contributed by atoms with E-state index < -0.39 is 0 Å². The molecule has 5 aliphatic carbocycles. The van der Waals surface area contributed by atoms with Crippen molar-refractivity contribution < 1.29 is 9.53 Å². The summed E-state index contributed by atoms with van der Waals surface area (Å²) in [5.41, 5.74) is 3.77. The first-order valence-corrected chi connectivity index (χ1v) is 16.2. The van der Waals surface area contributed by atoms with Crippen LogP contribution >= 0.6 is 0 Å². The minimum Gasteiger partial charge on any atom is -0.458 e. The second-order valence-electron chi connectivity index (χ2n) is 16.4. The number of rotatable bonds is 2. The Morgan fingerprint density at radius 2 is 1.54 bits per heavy atom. The highest BCUT2D eigenvalue weighted by molar-refractivity contribution is 5.89.